The number of rotatable bonds is 18. The van der Waals surface area contributed by atoms with Crippen molar-refractivity contribution in [3.63, 3.8) is 0 Å². The van der Waals surface area contributed by atoms with Crippen molar-refractivity contribution in [3.05, 3.63) is 257 Å². The first-order valence-electron chi connectivity index (χ1n) is 32.7. The molecule has 0 bridgehead atoms. The largest absolute Gasteiger partial charge is 0.508 e. The van der Waals surface area contributed by atoms with E-state index in [9.17, 15) is 50.4 Å². The van der Waals surface area contributed by atoms with Gasteiger partial charge in [0.1, 0.15) is 23.0 Å². The van der Waals surface area contributed by atoms with Crippen molar-refractivity contribution in [3.8, 4) is 23.0 Å². The van der Waals surface area contributed by atoms with Crippen LogP contribution >= 0.6 is 0 Å². The van der Waals surface area contributed by atoms with Crippen molar-refractivity contribution in [2.24, 2.45) is 9.98 Å². The van der Waals surface area contributed by atoms with Crippen LogP contribution in [-0.4, -0.2) is 124 Å². The standard InChI is InChI=1S/C20H23NO4.C20H21NO4.C18H21NO3.C18H19NO3.2CH2O2/c2*1-13(24)25-20-10-14(2-4-17(20)12-23)9-19-18-5-3-15(11-22)8-16(18)6-7-21-19;2*20-10-13-2-4-16-14(7-13)5-6-19-17(16)8-12-1-3-15(11-21)18(22)9-12;2*2-1-3/h2-5,8,10,19,21-23H,6-7,9,11-12H2,1H3;2-5,8,10,22-23H,6-7,9,11-12H2,1H3;1-4,7,9,17,19-22H,5-6,8,10-11H2;1-4,7,9,20-22H,5-6,8,10-11H2;2*1H,(H,2,3). The van der Waals surface area contributed by atoms with Crippen molar-refractivity contribution in [2.75, 3.05) is 26.2 Å². The molecule has 0 spiro atoms. The van der Waals surface area contributed by atoms with Crippen LogP contribution in [0.5, 0.6) is 23.0 Å². The van der Waals surface area contributed by atoms with E-state index in [0.29, 0.717) is 46.6 Å². The van der Waals surface area contributed by atoms with E-state index in [0.717, 1.165) is 132 Å². The molecule has 0 amide bonds. The van der Waals surface area contributed by atoms with Gasteiger partial charge < -0.3 is 81.4 Å². The summed E-state index contributed by atoms with van der Waals surface area (Å²) < 4.78 is 10.4. The molecule has 4 heterocycles. The first-order valence-corrected chi connectivity index (χ1v) is 32.7. The van der Waals surface area contributed by atoms with Crippen LogP contribution in [0.15, 0.2) is 156 Å². The molecule has 22 nitrogen and oxygen atoms in total. The molecule has 12 rings (SSSR count). The molecule has 0 fully saturated rings. The molecule has 8 aromatic carbocycles. The first kappa shape index (κ1) is 77.5. The van der Waals surface area contributed by atoms with Gasteiger partial charge in [0.2, 0.25) is 0 Å². The van der Waals surface area contributed by atoms with Crippen LogP contribution in [0.25, 0.3) is 0 Å². The molecule has 14 N–H and O–H groups in total. The van der Waals surface area contributed by atoms with Crippen LogP contribution in [0, 0.1) is 0 Å². The lowest BCUT2D eigenvalue weighted by Gasteiger charge is -2.28. The summed E-state index contributed by atoms with van der Waals surface area (Å²) in [6.07, 6.45) is 6.47. The summed E-state index contributed by atoms with van der Waals surface area (Å²) in [6, 6.07) is 46.3. The summed E-state index contributed by atoms with van der Waals surface area (Å²) in [5, 5.41) is 115. The molecule has 0 aromatic heterocycles. The molecule has 0 saturated carbocycles. The molecule has 528 valence electrons. The summed E-state index contributed by atoms with van der Waals surface area (Å²) in [4.78, 5) is 48.5. The van der Waals surface area contributed by atoms with Gasteiger partial charge in [0.15, 0.2) is 0 Å². The minimum Gasteiger partial charge on any atom is -0.508 e. The molecule has 2 unspecified atom stereocenters. The van der Waals surface area contributed by atoms with E-state index in [-0.39, 0.29) is 89.4 Å². The maximum atomic E-state index is 11.3. The summed E-state index contributed by atoms with van der Waals surface area (Å²) in [5.74, 6) is 0.256. The first-order chi connectivity index (χ1) is 48.4. The Bertz CT molecular complexity index is 4130. The Kier molecular flexibility index (Phi) is 30.8. The number of carboxylic acid groups (broad SMARTS) is 2. The van der Waals surface area contributed by atoms with Crippen LogP contribution in [0.2, 0.25) is 0 Å². The Morgan fingerprint density at radius 2 is 0.730 bits per heavy atom. The van der Waals surface area contributed by atoms with Gasteiger partial charge in [-0.3, -0.25) is 29.2 Å². The fourth-order valence-electron chi connectivity index (χ4n) is 12.3. The summed E-state index contributed by atoms with van der Waals surface area (Å²) >= 11 is 0. The average Bonchev–Trinajstić information content (AvgIpc) is 0.828. The second-order valence-corrected chi connectivity index (χ2v) is 24.0. The Morgan fingerprint density at radius 3 is 1.10 bits per heavy atom. The summed E-state index contributed by atoms with van der Waals surface area (Å²) in [7, 11) is 0. The van der Waals surface area contributed by atoms with E-state index in [1.54, 1.807) is 42.5 Å². The highest BCUT2D eigenvalue weighted by molar-refractivity contribution is 6.04. The number of aliphatic hydroxyl groups excluding tert-OH is 8. The van der Waals surface area contributed by atoms with Crippen LogP contribution in [0.4, 0.5) is 0 Å². The quantitative estimate of drug-likeness (QED) is 0.0226. The number of nitrogens with zero attached hydrogens (tertiary/aromatic N) is 2. The van der Waals surface area contributed by atoms with E-state index in [4.69, 9.17) is 39.5 Å². The van der Waals surface area contributed by atoms with Gasteiger partial charge in [0.05, 0.1) is 52.9 Å². The molecular weight excluding hydrogens is 1280 g/mol. The third-order valence-electron chi connectivity index (χ3n) is 17.2. The van der Waals surface area contributed by atoms with E-state index in [2.05, 4.69) is 44.9 Å². The Morgan fingerprint density at radius 1 is 0.410 bits per heavy atom. The molecule has 4 aliphatic rings. The lowest BCUT2D eigenvalue weighted by molar-refractivity contribution is -0.132. The highest BCUT2D eigenvalue weighted by atomic mass is 16.5. The molecule has 100 heavy (non-hydrogen) atoms. The van der Waals surface area contributed by atoms with Crippen molar-refractivity contribution in [1.29, 1.82) is 0 Å². The number of esters is 2. The lowest BCUT2D eigenvalue weighted by Crippen LogP contribution is -2.31. The lowest BCUT2D eigenvalue weighted by atomic mass is 9.89. The smallest absolute Gasteiger partial charge is 0.308 e. The van der Waals surface area contributed by atoms with Crippen LogP contribution < -0.4 is 20.1 Å². The number of carbonyl (C=O) groups is 4. The Hall–Kier alpha value is -9.82. The van der Waals surface area contributed by atoms with Gasteiger partial charge in [-0.05, 0) is 165 Å². The number of fused-ring (bicyclic) bond motifs is 4. The Labute approximate surface area is 580 Å². The minimum atomic E-state index is -0.413. The molecule has 0 radical (unpaired) electrons. The highest BCUT2D eigenvalue weighted by Gasteiger charge is 2.24. The zero-order chi connectivity index (χ0) is 72.1. The zero-order valence-electron chi connectivity index (χ0n) is 56.0. The number of benzene rings is 8. The van der Waals surface area contributed by atoms with Gasteiger partial charge in [0.25, 0.3) is 12.9 Å². The highest BCUT2D eigenvalue weighted by Crippen LogP contribution is 2.33. The van der Waals surface area contributed by atoms with Crippen molar-refractivity contribution >= 4 is 36.3 Å². The maximum Gasteiger partial charge on any atom is 0.308 e. The van der Waals surface area contributed by atoms with Crippen molar-refractivity contribution in [1.82, 2.24) is 10.6 Å². The van der Waals surface area contributed by atoms with Gasteiger partial charge in [-0.2, -0.15) is 0 Å². The topological polar surface area (TPSA) is 378 Å². The normalized spacial score (nSPS) is 14.4. The predicted octanol–water partition coefficient (Wildman–Crippen LogP) is 7.38. The van der Waals surface area contributed by atoms with Crippen LogP contribution in [-0.2, 0) is 123 Å². The molecule has 0 aliphatic carbocycles. The van der Waals surface area contributed by atoms with Gasteiger partial charge in [0, 0.05) is 85.5 Å². The fraction of sp³-hybridized carbons (Fsp3) is 0.308. The third-order valence-corrected chi connectivity index (χ3v) is 17.2. The monoisotopic (exact) mass is 1370 g/mol. The van der Waals surface area contributed by atoms with Crippen molar-refractivity contribution in [2.45, 2.75) is 130 Å². The van der Waals surface area contributed by atoms with Gasteiger partial charge >= 0.3 is 11.9 Å². The second kappa shape index (κ2) is 39.7. The van der Waals surface area contributed by atoms with E-state index < -0.39 is 11.9 Å². The number of aromatic hydroxyl groups is 2. The van der Waals surface area contributed by atoms with Gasteiger partial charge in [-0.25, -0.2) is 0 Å². The summed E-state index contributed by atoms with van der Waals surface area (Å²) in [6.45, 7) is 5.01. The van der Waals surface area contributed by atoms with Gasteiger partial charge in [-0.1, -0.05) is 121 Å². The zero-order valence-corrected chi connectivity index (χ0v) is 56.0. The Balaban J connectivity index is 0.000000182. The SMILES string of the molecule is CC(=O)Oc1cc(CC2=NCCc3cc(CO)ccc32)ccc1CO.CC(=O)Oc1cc(CC2NCCc3cc(CO)ccc32)ccc1CO.O=CO.O=CO.OCc1ccc2c(c1)CCN=C2Cc1ccc(CO)c(O)c1.OCc1ccc2c(c1)CCNC2Cc1ccc(CO)c(O)c1. The maximum absolute atomic E-state index is 11.3. The molecule has 0 saturated heterocycles. The molecule has 2 atom stereocenters. The molecular formula is C78H88N4O18. The number of phenols is 2. The average molecular weight is 1370 g/mol. The third kappa shape index (κ3) is 22.1. The van der Waals surface area contributed by atoms with E-state index in [1.165, 1.54) is 47.2 Å². The number of aliphatic hydroxyl groups is 8. The number of ether oxygens (including phenoxy) is 2. The number of carbonyl (C=O) groups excluding carboxylic acids is 2. The number of hydrogen-bond donors (Lipinski definition) is 14. The number of nitrogens with one attached hydrogen (secondary N) is 2. The number of aliphatic imine (C=N–C) groups is 2. The minimum absolute atomic E-state index is 0.0358. The second-order valence-electron chi connectivity index (χ2n) is 24.0. The van der Waals surface area contributed by atoms with Crippen molar-refractivity contribution < 1.29 is 89.9 Å². The summed E-state index contributed by atoms with van der Waals surface area (Å²) in [5.41, 5.74) is 21.6. The van der Waals surface area contributed by atoms with Crippen LogP contribution in [0.3, 0.4) is 0 Å². The van der Waals surface area contributed by atoms with Crippen LogP contribution in [0.1, 0.15) is 137 Å². The van der Waals surface area contributed by atoms with E-state index >= 15 is 0 Å². The fourth-order valence-corrected chi connectivity index (χ4v) is 12.3. The number of hydrogen-bond acceptors (Lipinski definition) is 20. The predicted molar refractivity (Wildman–Crippen MR) is 376 cm³/mol. The molecule has 22 heteroatoms. The molecule has 8 aromatic rings. The molecule has 4 aliphatic heterocycles. The van der Waals surface area contributed by atoms with E-state index in [1.807, 2.05) is 78.9 Å². The van der Waals surface area contributed by atoms with Gasteiger partial charge in [-0.15, -0.1) is 0 Å².